The zero-order valence-corrected chi connectivity index (χ0v) is 9.73. The van der Waals surface area contributed by atoms with Crippen LogP contribution in [0.3, 0.4) is 0 Å². The van der Waals surface area contributed by atoms with E-state index in [1.54, 1.807) is 0 Å². The van der Waals surface area contributed by atoms with Crippen LogP contribution in [0.1, 0.15) is 5.56 Å². The van der Waals surface area contributed by atoms with E-state index in [4.69, 9.17) is 0 Å². The summed E-state index contributed by atoms with van der Waals surface area (Å²) in [5.41, 5.74) is -0.456. The van der Waals surface area contributed by atoms with Crippen LogP contribution in [0, 0.1) is 5.82 Å². The van der Waals surface area contributed by atoms with Gasteiger partial charge in [-0.25, -0.2) is 4.39 Å². The molecule has 6 heteroatoms. The Morgan fingerprint density at radius 1 is 1.44 bits per heavy atom. The fraction of sp³-hybridized carbons (Fsp3) is 0.300. The van der Waals surface area contributed by atoms with E-state index in [-0.39, 0.29) is 5.33 Å². The van der Waals surface area contributed by atoms with Crippen molar-refractivity contribution in [2.45, 2.75) is 5.92 Å². The van der Waals surface area contributed by atoms with Gasteiger partial charge in [-0.2, -0.15) is 8.78 Å². The number of hydrogen-bond donors (Lipinski definition) is 1. The van der Waals surface area contributed by atoms with Gasteiger partial charge < -0.3 is 5.32 Å². The summed E-state index contributed by atoms with van der Waals surface area (Å²) >= 11 is 2.83. The molecule has 0 spiro atoms. The molecule has 0 saturated heterocycles. The van der Waals surface area contributed by atoms with Crippen LogP contribution in [0.25, 0.3) is 0 Å². The molecule has 0 radical (unpaired) electrons. The highest BCUT2D eigenvalue weighted by atomic mass is 79.9. The Morgan fingerprint density at radius 3 is 2.69 bits per heavy atom. The SMILES string of the molecule is O=C(CBr)NCC(F)(F)c1cccc(F)c1. The van der Waals surface area contributed by atoms with Crippen molar-refractivity contribution in [1.29, 1.82) is 0 Å². The lowest BCUT2D eigenvalue weighted by atomic mass is 10.1. The van der Waals surface area contributed by atoms with Crippen molar-refractivity contribution in [2.24, 2.45) is 0 Å². The Morgan fingerprint density at radius 2 is 2.12 bits per heavy atom. The highest BCUT2D eigenvalue weighted by Gasteiger charge is 2.32. The fourth-order valence-electron chi connectivity index (χ4n) is 1.07. The topological polar surface area (TPSA) is 29.1 Å². The molecule has 1 N–H and O–H groups in total. The minimum absolute atomic E-state index is 0.0494. The Hall–Kier alpha value is -1.04. The Labute approximate surface area is 99.0 Å². The number of halogens is 4. The normalized spacial score (nSPS) is 11.2. The number of nitrogens with one attached hydrogen (secondary N) is 1. The van der Waals surface area contributed by atoms with Crippen molar-refractivity contribution in [2.75, 3.05) is 11.9 Å². The summed E-state index contributed by atoms with van der Waals surface area (Å²) in [5.74, 6) is -4.56. The van der Waals surface area contributed by atoms with Crippen LogP contribution >= 0.6 is 15.9 Å². The third-order valence-electron chi connectivity index (χ3n) is 1.88. The van der Waals surface area contributed by atoms with Gasteiger partial charge in [-0.05, 0) is 12.1 Å². The number of alkyl halides is 3. The van der Waals surface area contributed by atoms with Gasteiger partial charge in [0.1, 0.15) is 5.82 Å². The molecule has 16 heavy (non-hydrogen) atoms. The molecule has 0 saturated carbocycles. The maximum atomic E-state index is 13.4. The summed E-state index contributed by atoms with van der Waals surface area (Å²) in [4.78, 5) is 10.8. The van der Waals surface area contributed by atoms with Gasteiger partial charge in [0, 0.05) is 5.56 Å². The van der Waals surface area contributed by atoms with Gasteiger partial charge in [-0.3, -0.25) is 4.79 Å². The quantitative estimate of drug-likeness (QED) is 0.850. The van der Waals surface area contributed by atoms with E-state index in [1.807, 2.05) is 5.32 Å². The molecule has 0 unspecified atom stereocenters. The second-order valence-electron chi connectivity index (χ2n) is 3.13. The predicted octanol–water partition coefficient (Wildman–Crippen LogP) is 2.43. The van der Waals surface area contributed by atoms with E-state index in [9.17, 15) is 18.0 Å². The van der Waals surface area contributed by atoms with Crippen LogP contribution in [-0.4, -0.2) is 17.8 Å². The van der Waals surface area contributed by atoms with Gasteiger partial charge in [0.2, 0.25) is 5.91 Å². The van der Waals surface area contributed by atoms with E-state index in [2.05, 4.69) is 15.9 Å². The molecule has 0 bridgehead atoms. The minimum atomic E-state index is -3.28. The van der Waals surface area contributed by atoms with Crippen LogP contribution < -0.4 is 5.32 Å². The van der Waals surface area contributed by atoms with Crippen LogP contribution in [0.4, 0.5) is 13.2 Å². The molecular weight excluding hydrogens is 287 g/mol. The van der Waals surface area contributed by atoms with Crippen molar-refractivity contribution in [3.05, 3.63) is 35.6 Å². The van der Waals surface area contributed by atoms with E-state index in [1.165, 1.54) is 6.07 Å². The van der Waals surface area contributed by atoms with Gasteiger partial charge in [-0.1, -0.05) is 28.1 Å². The number of rotatable bonds is 4. The zero-order chi connectivity index (χ0) is 12.2. The molecule has 1 aromatic rings. The van der Waals surface area contributed by atoms with Crippen molar-refractivity contribution in [3.8, 4) is 0 Å². The molecule has 2 nitrogen and oxygen atoms in total. The molecule has 0 aliphatic carbocycles. The Bertz CT molecular complexity index is 384. The first-order chi connectivity index (χ1) is 7.45. The van der Waals surface area contributed by atoms with E-state index < -0.39 is 29.8 Å². The molecular formula is C10H9BrF3NO. The number of benzene rings is 1. The molecule has 88 valence electrons. The minimum Gasteiger partial charge on any atom is -0.349 e. The smallest absolute Gasteiger partial charge is 0.290 e. The third-order valence-corrected chi connectivity index (χ3v) is 2.39. The third kappa shape index (κ3) is 3.52. The highest BCUT2D eigenvalue weighted by molar-refractivity contribution is 9.09. The van der Waals surface area contributed by atoms with Crippen LogP contribution in [0.5, 0.6) is 0 Å². The standard InChI is InChI=1S/C10H9BrF3NO/c11-5-9(16)15-6-10(13,14)7-2-1-3-8(12)4-7/h1-4H,5-6H2,(H,15,16). The molecule has 1 amide bonds. The molecule has 0 heterocycles. The van der Waals surface area contributed by atoms with Crippen LogP contribution in [0.2, 0.25) is 0 Å². The summed E-state index contributed by atoms with van der Waals surface area (Å²) in [6.45, 7) is -0.846. The number of carbonyl (C=O) groups excluding carboxylic acids is 1. The zero-order valence-electron chi connectivity index (χ0n) is 8.14. The lowest BCUT2D eigenvalue weighted by molar-refractivity contribution is -0.120. The van der Waals surface area contributed by atoms with Gasteiger partial charge in [-0.15, -0.1) is 0 Å². The van der Waals surface area contributed by atoms with E-state index in [0.29, 0.717) is 0 Å². The number of amides is 1. The van der Waals surface area contributed by atoms with Gasteiger partial charge in [0.05, 0.1) is 11.9 Å². The van der Waals surface area contributed by atoms with Gasteiger partial charge in [0.15, 0.2) is 0 Å². The van der Waals surface area contributed by atoms with Crippen LogP contribution in [0.15, 0.2) is 24.3 Å². The Kier molecular flexibility index (Phi) is 4.35. The van der Waals surface area contributed by atoms with Crippen molar-refractivity contribution < 1.29 is 18.0 Å². The molecule has 0 aliphatic heterocycles. The highest BCUT2D eigenvalue weighted by Crippen LogP contribution is 2.27. The first-order valence-electron chi connectivity index (χ1n) is 4.42. The second-order valence-corrected chi connectivity index (χ2v) is 3.69. The lowest BCUT2D eigenvalue weighted by Gasteiger charge is -2.17. The molecule has 0 aliphatic rings. The summed E-state index contributed by atoms with van der Waals surface area (Å²) in [6, 6.07) is 4.14. The summed E-state index contributed by atoms with van der Waals surface area (Å²) in [7, 11) is 0. The second kappa shape index (κ2) is 5.34. The first kappa shape index (κ1) is 13.0. The maximum Gasteiger partial charge on any atom is 0.290 e. The summed E-state index contributed by atoms with van der Waals surface area (Å²) in [6.07, 6.45) is 0. The van der Waals surface area contributed by atoms with Crippen molar-refractivity contribution >= 4 is 21.8 Å². The number of hydrogen-bond acceptors (Lipinski definition) is 1. The van der Waals surface area contributed by atoms with Gasteiger partial charge >= 0.3 is 0 Å². The summed E-state index contributed by atoms with van der Waals surface area (Å²) < 4.78 is 39.6. The molecule has 0 atom stereocenters. The average Bonchev–Trinajstić information content (AvgIpc) is 2.26. The molecule has 1 aromatic carbocycles. The molecule has 0 fully saturated rings. The van der Waals surface area contributed by atoms with Crippen molar-refractivity contribution in [3.63, 3.8) is 0 Å². The lowest BCUT2D eigenvalue weighted by Crippen LogP contribution is -2.35. The average molecular weight is 296 g/mol. The van der Waals surface area contributed by atoms with Crippen molar-refractivity contribution in [1.82, 2.24) is 5.32 Å². The number of carbonyl (C=O) groups is 1. The molecule has 0 aromatic heterocycles. The van der Waals surface area contributed by atoms with Gasteiger partial charge in [0.25, 0.3) is 5.92 Å². The maximum absolute atomic E-state index is 13.4. The molecule has 1 rings (SSSR count). The van der Waals surface area contributed by atoms with E-state index in [0.717, 1.165) is 18.2 Å². The van der Waals surface area contributed by atoms with Crippen LogP contribution in [-0.2, 0) is 10.7 Å². The van der Waals surface area contributed by atoms with E-state index >= 15 is 0 Å². The fourth-order valence-corrected chi connectivity index (χ4v) is 1.27. The first-order valence-corrected chi connectivity index (χ1v) is 5.54. The summed E-state index contributed by atoms with van der Waals surface area (Å²) in [5, 5.41) is 1.98. The Balaban J connectivity index is 2.73. The largest absolute Gasteiger partial charge is 0.349 e. The predicted molar refractivity (Wildman–Crippen MR) is 57.1 cm³/mol. The monoisotopic (exact) mass is 295 g/mol.